The summed E-state index contributed by atoms with van der Waals surface area (Å²) in [6.45, 7) is 2.71. The summed E-state index contributed by atoms with van der Waals surface area (Å²) in [7, 11) is 0. The number of carbonyl (C=O) groups is 2. The van der Waals surface area contributed by atoms with Crippen molar-refractivity contribution in [3.8, 4) is 0 Å². The zero-order chi connectivity index (χ0) is 19.5. The maximum absolute atomic E-state index is 12.5. The molecule has 2 N–H and O–H groups in total. The molecule has 2 aromatic carbocycles. The second-order valence-electron chi connectivity index (χ2n) is 6.80. The highest BCUT2D eigenvalue weighted by Gasteiger charge is 2.22. The lowest BCUT2D eigenvalue weighted by atomic mass is 10.2. The molecule has 0 spiro atoms. The Balaban J connectivity index is 1.29. The van der Waals surface area contributed by atoms with Crippen molar-refractivity contribution >= 4 is 40.0 Å². The Morgan fingerprint density at radius 3 is 2.54 bits per heavy atom. The Morgan fingerprint density at radius 1 is 1.00 bits per heavy atom. The Morgan fingerprint density at radius 2 is 1.79 bits per heavy atom. The third kappa shape index (κ3) is 3.97. The smallest absolute Gasteiger partial charge is 0.268 e. The first-order valence-corrected chi connectivity index (χ1v) is 9.62. The largest absolute Gasteiger partial charge is 0.368 e. The van der Waals surface area contributed by atoms with E-state index in [2.05, 4.69) is 15.2 Å². The van der Waals surface area contributed by atoms with Gasteiger partial charge in [0.1, 0.15) is 5.69 Å². The van der Waals surface area contributed by atoms with E-state index in [-0.39, 0.29) is 18.4 Å². The lowest BCUT2D eigenvalue weighted by Gasteiger charge is -2.36. The van der Waals surface area contributed by atoms with Crippen LogP contribution in [0.1, 0.15) is 10.5 Å². The van der Waals surface area contributed by atoms with E-state index in [4.69, 9.17) is 11.6 Å². The second kappa shape index (κ2) is 7.94. The Labute approximate surface area is 168 Å². The predicted molar refractivity (Wildman–Crippen MR) is 111 cm³/mol. The SMILES string of the molecule is O=C(NCC(=O)N1CCN(c2cccc(Cl)c2)CC1)c1cc2ccccc2[nH]1. The molecule has 6 nitrogen and oxygen atoms in total. The lowest BCUT2D eigenvalue weighted by Crippen LogP contribution is -2.51. The van der Waals surface area contributed by atoms with Crippen molar-refractivity contribution < 1.29 is 9.59 Å². The average molecular weight is 397 g/mol. The number of nitrogens with one attached hydrogen (secondary N) is 2. The molecule has 0 unspecified atom stereocenters. The number of amides is 2. The van der Waals surface area contributed by atoms with Gasteiger partial charge in [0.2, 0.25) is 5.91 Å². The van der Waals surface area contributed by atoms with Gasteiger partial charge in [-0.2, -0.15) is 0 Å². The summed E-state index contributed by atoms with van der Waals surface area (Å²) in [6.07, 6.45) is 0. The van der Waals surface area contributed by atoms with Gasteiger partial charge in [-0.15, -0.1) is 0 Å². The Kier molecular flexibility index (Phi) is 5.21. The van der Waals surface area contributed by atoms with Crippen LogP contribution in [0, 0.1) is 0 Å². The first-order valence-electron chi connectivity index (χ1n) is 9.24. The van der Waals surface area contributed by atoms with E-state index in [1.807, 2.05) is 48.5 Å². The minimum Gasteiger partial charge on any atom is -0.368 e. The van der Waals surface area contributed by atoms with Gasteiger partial charge in [-0.3, -0.25) is 9.59 Å². The number of aromatic nitrogens is 1. The highest BCUT2D eigenvalue weighted by molar-refractivity contribution is 6.30. The molecule has 4 rings (SSSR count). The number of fused-ring (bicyclic) bond motifs is 1. The molecule has 1 fully saturated rings. The number of hydrogen-bond donors (Lipinski definition) is 2. The molecular weight excluding hydrogens is 376 g/mol. The number of carbonyl (C=O) groups excluding carboxylic acids is 2. The monoisotopic (exact) mass is 396 g/mol. The summed E-state index contributed by atoms with van der Waals surface area (Å²) < 4.78 is 0. The highest BCUT2D eigenvalue weighted by Crippen LogP contribution is 2.20. The number of rotatable bonds is 4. The van der Waals surface area contributed by atoms with Gasteiger partial charge in [-0.1, -0.05) is 35.9 Å². The summed E-state index contributed by atoms with van der Waals surface area (Å²) in [6, 6.07) is 17.2. The fourth-order valence-electron chi connectivity index (χ4n) is 3.45. The van der Waals surface area contributed by atoms with Crippen LogP contribution in [0.5, 0.6) is 0 Å². The summed E-state index contributed by atoms with van der Waals surface area (Å²) in [4.78, 5) is 31.9. The minimum atomic E-state index is -0.276. The van der Waals surface area contributed by atoms with Gasteiger partial charge in [0.25, 0.3) is 5.91 Å². The first-order chi connectivity index (χ1) is 13.6. The molecule has 0 saturated carbocycles. The van der Waals surface area contributed by atoms with Crippen LogP contribution in [0.2, 0.25) is 5.02 Å². The maximum atomic E-state index is 12.5. The van der Waals surface area contributed by atoms with E-state index >= 15 is 0 Å². The number of anilines is 1. The molecule has 1 aromatic heterocycles. The van der Waals surface area contributed by atoms with Gasteiger partial charge in [0.15, 0.2) is 0 Å². The van der Waals surface area contributed by atoms with Crippen LogP contribution in [0.15, 0.2) is 54.6 Å². The molecule has 0 radical (unpaired) electrons. The van der Waals surface area contributed by atoms with Gasteiger partial charge in [-0.25, -0.2) is 0 Å². The molecule has 0 atom stereocenters. The van der Waals surface area contributed by atoms with Crippen LogP contribution in [0.25, 0.3) is 10.9 Å². The number of hydrogen-bond acceptors (Lipinski definition) is 3. The Bertz CT molecular complexity index is 975. The zero-order valence-corrected chi connectivity index (χ0v) is 16.1. The Hall–Kier alpha value is -2.99. The number of H-pyrrole nitrogens is 1. The number of piperazine rings is 1. The van der Waals surface area contributed by atoms with E-state index in [0.717, 1.165) is 29.7 Å². The number of para-hydroxylation sites is 1. The van der Waals surface area contributed by atoms with E-state index in [9.17, 15) is 9.59 Å². The van der Waals surface area contributed by atoms with Gasteiger partial charge >= 0.3 is 0 Å². The third-order valence-corrected chi connectivity index (χ3v) is 5.22. The van der Waals surface area contributed by atoms with Crippen molar-refractivity contribution in [2.45, 2.75) is 0 Å². The summed E-state index contributed by atoms with van der Waals surface area (Å²) in [5, 5.41) is 4.39. The van der Waals surface area contributed by atoms with Gasteiger partial charge in [0.05, 0.1) is 6.54 Å². The highest BCUT2D eigenvalue weighted by atomic mass is 35.5. The molecule has 7 heteroatoms. The van der Waals surface area contributed by atoms with Gasteiger partial charge in [0, 0.05) is 47.8 Å². The molecular formula is C21H21ClN4O2. The fraction of sp³-hybridized carbons (Fsp3) is 0.238. The molecule has 1 saturated heterocycles. The first kappa shape index (κ1) is 18.4. The zero-order valence-electron chi connectivity index (χ0n) is 15.3. The van der Waals surface area contributed by atoms with E-state index in [1.165, 1.54) is 0 Å². The van der Waals surface area contributed by atoms with Crippen LogP contribution in [0.4, 0.5) is 5.69 Å². The molecule has 144 valence electrons. The number of aromatic amines is 1. The number of nitrogens with zero attached hydrogens (tertiary/aromatic N) is 2. The molecule has 1 aliphatic heterocycles. The van der Waals surface area contributed by atoms with Gasteiger partial charge < -0.3 is 20.1 Å². The van der Waals surface area contributed by atoms with E-state index < -0.39 is 0 Å². The molecule has 3 aromatic rings. The quantitative estimate of drug-likeness (QED) is 0.712. The van der Waals surface area contributed by atoms with Crippen molar-refractivity contribution in [1.82, 2.24) is 15.2 Å². The van der Waals surface area contributed by atoms with Crippen LogP contribution in [-0.2, 0) is 4.79 Å². The van der Waals surface area contributed by atoms with Gasteiger partial charge in [-0.05, 0) is 30.3 Å². The summed E-state index contributed by atoms with van der Waals surface area (Å²) in [5.74, 6) is -0.350. The van der Waals surface area contributed by atoms with E-state index in [0.29, 0.717) is 23.8 Å². The standard InChI is InChI=1S/C21H21ClN4O2/c22-16-5-3-6-17(13-16)25-8-10-26(11-9-25)20(27)14-23-21(28)19-12-15-4-1-2-7-18(15)24-19/h1-7,12-13,24H,8-11,14H2,(H,23,28). The summed E-state index contributed by atoms with van der Waals surface area (Å²) >= 11 is 6.06. The molecule has 0 aliphatic carbocycles. The average Bonchev–Trinajstić information content (AvgIpc) is 3.16. The topological polar surface area (TPSA) is 68.4 Å². The molecule has 28 heavy (non-hydrogen) atoms. The third-order valence-electron chi connectivity index (χ3n) is 4.98. The van der Waals surface area contributed by atoms with Crippen molar-refractivity contribution in [1.29, 1.82) is 0 Å². The number of halogens is 1. The normalized spacial score (nSPS) is 14.3. The molecule has 2 heterocycles. The minimum absolute atomic E-state index is 0.00857. The predicted octanol–water partition coefficient (Wildman–Crippen LogP) is 2.90. The van der Waals surface area contributed by atoms with Crippen molar-refractivity contribution in [3.05, 3.63) is 65.3 Å². The van der Waals surface area contributed by atoms with Crippen LogP contribution < -0.4 is 10.2 Å². The van der Waals surface area contributed by atoms with Crippen molar-refractivity contribution in [2.75, 3.05) is 37.6 Å². The van der Waals surface area contributed by atoms with Crippen LogP contribution in [0.3, 0.4) is 0 Å². The maximum Gasteiger partial charge on any atom is 0.268 e. The van der Waals surface area contributed by atoms with Crippen molar-refractivity contribution in [3.63, 3.8) is 0 Å². The summed E-state index contributed by atoms with van der Waals surface area (Å²) in [5.41, 5.74) is 2.42. The second-order valence-corrected chi connectivity index (χ2v) is 7.24. The van der Waals surface area contributed by atoms with Crippen molar-refractivity contribution in [2.24, 2.45) is 0 Å². The van der Waals surface area contributed by atoms with Crippen LogP contribution >= 0.6 is 11.6 Å². The van der Waals surface area contributed by atoms with Crippen LogP contribution in [-0.4, -0.2) is 54.4 Å². The number of benzene rings is 2. The van der Waals surface area contributed by atoms with E-state index in [1.54, 1.807) is 11.0 Å². The molecule has 1 aliphatic rings. The fourth-order valence-corrected chi connectivity index (χ4v) is 3.63. The lowest BCUT2D eigenvalue weighted by molar-refractivity contribution is -0.130. The molecule has 2 amide bonds. The molecule has 0 bridgehead atoms.